The number of hydrogen-bond donors (Lipinski definition) is 1. The standard InChI is InChI=1S/C20H43N/c1-8-12-18(7)19(10-3)14-13-16(5)15-21-20(11-4)17(6)9-2/h16-21H,8-15H2,1-7H3/t16?,17-,18?,19?,20?/m0/s1. The van der Waals surface area contributed by atoms with E-state index in [0.29, 0.717) is 6.04 Å². The fraction of sp³-hybridized carbons (Fsp3) is 1.00. The molecule has 0 aliphatic carbocycles. The van der Waals surface area contributed by atoms with Gasteiger partial charge in [0.2, 0.25) is 0 Å². The van der Waals surface area contributed by atoms with Crippen molar-refractivity contribution in [1.29, 1.82) is 0 Å². The summed E-state index contributed by atoms with van der Waals surface area (Å²) >= 11 is 0. The first-order valence-electron chi connectivity index (χ1n) is 9.73. The van der Waals surface area contributed by atoms with E-state index < -0.39 is 0 Å². The molecule has 21 heavy (non-hydrogen) atoms. The largest absolute Gasteiger partial charge is 0.313 e. The molecule has 0 heterocycles. The Labute approximate surface area is 135 Å². The highest BCUT2D eigenvalue weighted by atomic mass is 14.9. The van der Waals surface area contributed by atoms with E-state index in [1.165, 1.54) is 51.5 Å². The molecule has 0 saturated carbocycles. The van der Waals surface area contributed by atoms with Crippen LogP contribution in [0.1, 0.15) is 93.4 Å². The second-order valence-electron chi connectivity index (χ2n) is 7.43. The van der Waals surface area contributed by atoms with Gasteiger partial charge in [-0.3, -0.25) is 0 Å². The Bertz CT molecular complexity index is 226. The molecular formula is C20H43N. The lowest BCUT2D eigenvalue weighted by molar-refractivity contribution is 0.273. The Balaban J connectivity index is 4.04. The summed E-state index contributed by atoms with van der Waals surface area (Å²) in [5.41, 5.74) is 0. The lowest BCUT2D eigenvalue weighted by Gasteiger charge is -2.27. The van der Waals surface area contributed by atoms with Gasteiger partial charge in [0.05, 0.1) is 0 Å². The van der Waals surface area contributed by atoms with Gasteiger partial charge in [-0.2, -0.15) is 0 Å². The molecule has 1 N–H and O–H groups in total. The molecule has 0 rings (SSSR count). The molecule has 0 aliphatic rings. The van der Waals surface area contributed by atoms with Gasteiger partial charge in [0, 0.05) is 6.04 Å². The molecule has 0 aromatic carbocycles. The fourth-order valence-electron chi connectivity index (χ4n) is 3.57. The summed E-state index contributed by atoms with van der Waals surface area (Å²) in [6.45, 7) is 17.8. The maximum absolute atomic E-state index is 3.82. The second kappa shape index (κ2) is 12.5. The van der Waals surface area contributed by atoms with Gasteiger partial charge in [0.15, 0.2) is 0 Å². The van der Waals surface area contributed by atoms with Crippen LogP contribution in [0.15, 0.2) is 0 Å². The predicted octanol–water partition coefficient (Wildman–Crippen LogP) is 6.28. The SMILES string of the molecule is CCCC(C)C(CC)CCC(C)CNC(CC)[C@@H](C)CC. The van der Waals surface area contributed by atoms with Crippen LogP contribution < -0.4 is 5.32 Å². The van der Waals surface area contributed by atoms with Crippen molar-refractivity contribution >= 4 is 0 Å². The third kappa shape index (κ3) is 8.86. The number of nitrogens with one attached hydrogen (secondary N) is 1. The molecule has 0 aliphatic heterocycles. The summed E-state index contributed by atoms with van der Waals surface area (Å²) < 4.78 is 0. The van der Waals surface area contributed by atoms with Gasteiger partial charge in [-0.25, -0.2) is 0 Å². The van der Waals surface area contributed by atoms with Crippen LogP contribution >= 0.6 is 0 Å². The van der Waals surface area contributed by atoms with Crippen molar-refractivity contribution in [2.45, 2.75) is 99.5 Å². The Hall–Kier alpha value is -0.0400. The predicted molar refractivity (Wildman–Crippen MR) is 97.8 cm³/mol. The van der Waals surface area contributed by atoms with Crippen LogP contribution in [0, 0.1) is 23.7 Å². The first-order chi connectivity index (χ1) is 9.99. The highest BCUT2D eigenvalue weighted by Crippen LogP contribution is 2.26. The molecule has 0 aromatic heterocycles. The van der Waals surface area contributed by atoms with Crippen molar-refractivity contribution in [3.05, 3.63) is 0 Å². The van der Waals surface area contributed by atoms with Gasteiger partial charge in [-0.05, 0) is 49.5 Å². The minimum Gasteiger partial charge on any atom is -0.313 e. The van der Waals surface area contributed by atoms with Gasteiger partial charge in [0.25, 0.3) is 0 Å². The smallest absolute Gasteiger partial charge is 0.00900 e. The lowest BCUT2D eigenvalue weighted by atomic mass is 9.83. The summed E-state index contributed by atoms with van der Waals surface area (Å²) in [5, 5.41) is 3.82. The molecule has 0 radical (unpaired) electrons. The van der Waals surface area contributed by atoms with Crippen LogP contribution in [0.5, 0.6) is 0 Å². The summed E-state index contributed by atoms with van der Waals surface area (Å²) in [6, 6.07) is 0.707. The second-order valence-corrected chi connectivity index (χ2v) is 7.43. The van der Waals surface area contributed by atoms with Crippen LogP contribution in [0.2, 0.25) is 0 Å². The van der Waals surface area contributed by atoms with Crippen molar-refractivity contribution in [3.63, 3.8) is 0 Å². The minimum atomic E-state index is 0.707. The van der Waals surface area contributed by atoms with Crippen molar-refractivity contribution < 1.29 is 0 Å². The fourth-order valence-corrected chi connectivity index (χ4v) is 3.57. The average Bonchev–Trinajstić information content (AvgIpc) is 2.48. The lowest BCUT2D eigenvalue weighted by Crippen LogP contribution is -2.37. The molecule has 1 heteroatoms. The molecular weight excluding hydrogens is 254 g/mol. The van der Waals surface area contributed by atoms with Crippen LogP contribution in [-0.4, -0.2) is 12.6 Å². The van der Waals surface area contributed by atoms with Crippen molar-refractivity contribution in [3.8, 4) is 0 Å². The van der Waals surface area contributed by atoms with Crippen LogP contribution in [0.25, 0.3) is 0 Å². The van der Waals surface area contributed by atoms with E-state index in [4.69, 9.17) is 0 Å². The zero-order valence-electron chi connectivity index (χ0n) is 16.0. The maximum atomic E-state index is 3.82. The quantitative estimate of drug-likeness (QED) is 0.422. The van der Waals surface area contributed by atoms with Gasteiger partial charge in [-0.1, -0.05) is 74.1 Å². The highest BCUT2D eigenvalue weighted by Gasteiger charge is 2.17. The molecule has 0 saturated heterocycles. The topological polar surface area (TPSA) is 12.0 Å². The summed E-state index contributed by atoms with van der Waals surface area (Å²) in [5.74, 6) is 3.45. The van der Waals surface area contributed by atoms with Gasteiger partial charge in [-0.15, -0.1) is 0 Å². The Kier molecular flexibility index (Phi) is 12.5. The third-order valence-corrected chi connectivity index (χ3v) is 5.60. The molecule has 1 nitrogen and oxygen atoms in total. The Morgan fingerprint density at radius 3 is 1.86 bits per heavy atom. The number of rotatable bonds is 13. The van der Waals surface area contributed by atoms with Crippen LogP contribution in [-0.2, 0) is 0 Å². The van der Waals surface area contributed by atoms with Gasteiger partial charge >= 0.3 is 0 Å². The van der Waals surface area contributed by atoms with E-state index in [-0.39, 0.29) is 0 Å². The third-order valence-electron chi connectivity index (χ3n) is 5.60. The molecule has 4 unspecified atom stereocenters. The molecule has 0 amide bonds. The molecule has 128 valence electrons. The molecule has 0 spiro atoms. The Morgan fingerprint density at radius 2 is 1.38 bits per heavy atom. The minimum absolute atomic E-state index is 0.707. The molecule has 0 bridgehead atoms. The van der Waals surface area contributed by atoms with E-state index >= 15 is 0 Å². The average molecular weight is 298 g/mol. The monoisotopic (exact) mass is 297 g/mol. The van der Waals surface area contributed by atoms with E-state index in [1.54, 1.807) is 0 Å². The number of hydrogen-bond acceptors (Lipinski definition) is 1. The first kappa shape index (κ1) is 21.0. The molecule has 0 aromatic rings. The zero-order chi connectivity index (χ0) is 16.3. The van der Waals surface area contributed by atoms with E-state index in [1.807, 2.05) is 0 Å². The van der Waals surface area contributed by atoms with Crippen LogP contribution in [0.3, 0.4) is 0 Å². The highest BCUT2D eigenvalue weighted by molar-refractivity contribution is 4.73. The van der Waals surface area contributed by atoms with Crippen molar-refractivity contribution in [2.75, 3.05) is 6.54 Å². The van der Waals surface area contributed by atoms with E-state index in [9.17, 15) is 0 Å². The summed E-state index contributed by atoms with van der Waals surface area (Å²) in [4.78, 5) is 0. The summed E-state index contributed by atoms with van der Waals surface area (Å²) in [6.07, 6.45) is 9.43. The first-order valence-corrected chi connectivity index (χ1v) is 9.73. The van der Waals surface area contributed by atoms with E-state index in [2.05, 4.69) is 53.8 Å². The van der Waals surface area contributed by atoms with Crippen molar-refractivity contribution in [2.24, 2.45) is 23.7 Å². The zero-order valence-corrected chi connectivity index (χ0v) is 16.0. The normalized spacial score (nSPS) is 19.0. The van der Waals surface area contributed by atoms with Crippen LogP contribution in [0.4, 0.5) is 0 Å². The summed E-state index contributed by atoms with van der Waals surface area (Å²) in [7, 11) is 0. The van der Waals surface area contributed by atoms with E-state index in [0.717, 1.165) is 23.7 Å². The van der Waals surface area contributed by atoms with Gasteiger partial charge in [0.1, 0.15) is 0 Å². The molecule has 5 atom stereocenters. The Morgan fingerprint density at radius 1 is 0.714 bits per heavy atom. The van der Waals surface area contributed by atoms with Crippen molar-refractivity contribution in [1.82, 2.24) is 5.32 Å². The van der Waals surface area contributed by atoms with Gasteiger partial charge < -0.3 is 5.32 Å². The molecule has 0 fully saturated rings. The maximum Gasteiger partial charge on any atom is 0.00900 e.